The molecule has 0 spiro atoms. The van der Waals surface area contributed by atoms with Gasteiger partial charge in [0, 0.05) is 12.3 Å². The van der Waals surface area contributed by atoms with Crippen LogP contribution in [0.5, 0.6) is 0 Å². The van der Waals surface area contributed by atoms with Gasteiger partial charge in [-0.2, -0.15) is 0 Å². The van der Waals surface area contributed by atoms with Crippen LogP contribution in [0.2, 0.25) is 0 Å². The molecule has 1 atom stereocenters. The van der Waals surface area contributed by atoms with E-state index in [4.69, 9.17) is 0 Å². The maximum Gasteiger partial charge on any atom is 0.175 e. The topological polar surface area (TPSA) is 72.0 Å². The number of rotatable bonds is 4. The summed E-state index contributed by atoms with van der Waals surface area (Å²) in [6.07, 6.45) is 2.75. The molecule has 0 saturated heterocycles. The van der Waals surface area contributed by atoms with Crippen molar-refractivity contribution in [3.05, 3.63) is 47.6 Å². The smallest absolute Gasteiger partial charge is 0.175 e. The first-order valence-electron chi connectivity index (χ1n) is 6.70. The van der Waals surface area contributed by atoms with Crippen LogP contribution in [0, 0.1) is 0 Å². The van der Waals surface area contributed by atoms with Crippen LogP contribution in [-0.2, 0) is 9.84 Å². The average molecular weight is 333 g/mol. The van der Waals surface area contributed by atoms with E-state index in [1.165, 1.54) is 6.26 Å². The van der Waals surface area contributed by atoms with Crippen molar-refractivity contribution in [1.82, 2.24) is 9.97 Å². The molecule has 114 valence electrons. The molecular formula is C15H15N3O2S2. The van der Waals surface area contributed by atoms with E-state index in [9.17, 15) is 8.42 Å². The Balaban J connectivity index is 1.85. The zero-order chi connectivity index (χ0) is 15.7. The fraction of sp³-hybridized carbons (Fsp3) is 0.200. The van der Waals surface area contributed by atoms with Gasteiger partial charge >= 0.3 is 0 Å². The molecular weight excluding hydrogens is 318 g/mol. The summed E-state index contributed by atoms with van der Waals surface area (Å²) in [4.78, 5) is 9.78. The monoisotopic (exact) mass is 333 g/mol. The number of anilines is 1. The molecule has 5 nitrogen and oxygen atoms in total. The van der Waals surface area contributed by atoms with Crippen LogP contribution in [0.15, 0.2) is 46.9 Å². The van der Waals surface area contributed by atoms with Gasteiger partial charge in [-0.05, 0) is 36.1 Å². The van der Waals surface area contributed by atoms with Gasteiger partial charge in [-0.25, -0.2) is 18.4 Å². The van der Waals surface area contributed by atoms with E-state index in [2.05, 4.69) is 15.3 Å². The Morgan fingerprint density at radius 1 is 1.14 bits per heavy atom. The molecule has 2 aromatic heterocycles. The fourth-order valence-corrected chi connectivity index (χ4v) is 3.56. The highest BCUT2D eigenvalue weighted by atomic mass is 32.2. The van der Waals surface area contributed by atoms with Gasteiger partial charge < -0.3 is 5.32 Å². The van der Waals surface area contributed by atoms with E-state index in [1.807, 2.05) is 30.5 Å². The van der Waals surface area contributed by atoms with Crippen LogP contribution >= 0.6 is 11.3 Å². The molecule has 2 heterocycles. The number of fused-ring (bicyclic) bond motifs is 1. The number of thiophene rings is 1. The van der Waals surface area contributed by atoms with Crippen molar-refractivity contribution < 1.29 is 8.42 Å². The van der Waals surface area contributed by atoms with Crippen LogP contribution in [0.25, 0.3) is 10.2 Å². The predicted molar refractivity (Wildman–Crippen MR) is 89.0 cm³/mol. The Morgan fingerprint density at radius 2 is 1.86 bits per heavy atom. The summed E-state index contributed by atoms with van der Waals surface area (Å²) in [7, 11) is -3.17. The van der Waals surface area contributed by atoms with Gasteiger partial charge in [-0.1, -0.05) is 12.1 Å². The summed E-state index contributed by atoms with van der Waals surface area (Å²) in [5.74, 6) is 0.783. The SMILES string of the molecule is C[C@@H](Nc1ncnc2sccc12)c1ccc(S(C)(=O)=O)cc1. The molecule has 0 bridgehead atoms. The summed E-state index contributed by atoms with van der Waals surface area (Å²) >= 11 is 1.57. The zero-order valence-electron chi connectivity index (χ0n) is 12.1. The molecule has 0 aliphatic rings. The molecule has 0 amide bonds. The number of sulfone groups is 1. The van der Waals surface area contributed by atoms with E-state index in [0.29, 0.717) is 4.90 Å². The van der Waals surface area contributed by atoms with Crippen LogP contribution in [-0.4, -0.2) is 24.6 Å². The van der Waals surface area contributed by atoms with Crippen molar-refractivity contribution in [2.75, 3.05) is 11.6 Å². The predicted octanol–water partition coefficient (Wildman–Crippen LogP) is 3.27. The van der Waals surface area contributed by atoms with E-state index >= 15 is 0 Å². The second-order valence-electron chi connectivity index (χ2n) is 5.07. The maximum atomic E-state index is 11.5. The van der Waals surface area contributed by atoms with Crippen molar-refractivity contribution in [3.8, 4) is 0 Å². The van der Waals surface area contributed by atoms with Crippen LogP contribution in [0.3, 0.4) is 0 Å². The molecule has 0 saturated carbocycles. The highest BCUT2D eigenvalue weighted by Gasteiger charge is 2.12. The summed E-state index contributed by atoms with van der Waals surface area (Å²) in [5, 5.41) is 6.33. The largest absolute Gasteiger partial charge is 0.363 e. The molecule has 0 radical (unpaired) electrons. The Hall–Kier alpha value is -1.99. The summed E-state index contributed by atoms with van der Waals surface area (Å²) in [6, 6.07) is 8.89. The van der Waals surface area contributed by atoms with Gasteiger partial charge in [-0.15, -0.1) is 11.3 Å². The lowest BCUT2D eigenvalue weighted by molar-refractivity contribution is 0.602. The highest BCUT2D eigenvalue weighted by Crippen LogP contribution is 2.27. The minimum atomic E-state index is -3.17. The van der Waals surface area contributed by atoms with E-state index < -0.39 is 9.84 Å². The number of aromatic nitrogens is 2. The second-order valence-corrected chi connectivity index (χ2v) is 7.98. The van der Waals surface area contributed by atoms with E-state index in [0.717, 1.165) is 21.6 Å². The Bertz CT molecular complexity index is 902. The first-order chi connectivity index (χ1) is 10.4. The molecule has 22 heavy (non-hydrogen) atoms. The van der Waals surface area contributed by atoms with Gasteiger partial charge in [0.1, 0.15) is 17.0 Å². The minimum absolute atomic E-state index is 0.00612. The number of benzene rings is 1. The highest BCUT2D eigenvalue weighted by molar-refractivity contribution is 7.90. The third kappa shape index (κ3) is 2.95. The molecule has 7 heteroatoms. The van der Waals surface area contributed by atoms with Crippen LogP contribution < -0.4 is 5.32 Å². The fourth-order valence-electron chi connectivity index (χ4n) is 2.20. The number of hydrogen-bond donors (Lipinski definition) is 1. The first-order valence-corrected chi connectivity index (χ1v) is 9.47. The van der Waals surface area contributed by atoms with Crippen molar-refractivity contribution in [1.29, 1.82) is 0 Å². The lowest BCUT2D eigenvalue weighted by Gasteiger charge is -2.15. The van der Waals surface area contributed by atoms with Gasteiger partial charge in [0.15, 0.2) is 9.84 Å². The summed E-state index contributed by atoms with van der Waals surface area (Å²) in [5.41, 5.74) is 0.995. The molecule has 3 rings (SSSR count). The average Bonchev–Trinajstić information content (AvgIpc) is 2.96. The molecule has 0 aliphatic heterocycles. The molecule has 1 N–H and O–H groups in total. The van der Waals surface area contributed by atoms with Crippen molar-refractivity contribution in [3.63, 3.8) is 0 Å². The summed E-state index contributed by atoms with van der Waals surface area (Å²) < 4.78 is 23.0. The third-order valence-electron chi connectivity index (χ3n) is 3.42. The van der Waals surface area contributed by atoms with Gasteiger partial charge in [0.05, 0.1) is 10.3 Å². The standard InChI is InChI=1S/C15H15N3O2S2/c1-10(11-3-5-12(6-4-11)22(2,19)20)18-14-13-7-8-21-15(13)17-9-16-14/h3-10H,1-2H3,(H,16,17,18)/t10-/m1/s1. The van der Waals surface area contributed by atoms with Crippen molar-refractivity contribution >= 4 is 37.2 Å². The van der Waals surface area contributed by atoms with Crippen molar-refractivity contribution in [2.24, 2.45) is 0 Å². The van der Waals surface area contributed by atoms with Gasteiger partial charge in [0.25, 0.3) is 0 Å². The molecule has 0 aliphatic carbocycles. The Labute approximate surface area is 133 Å². The number of nitrogens with zero attached hydrogens (tertiary/aromatic N) is 2. The Kier molecular flexibility index (Phi) is 3.84. The minimum Gasteiger partial charge on any atom is -0.363 e. The molecule has 0 fully saturated rings. The molecule has 3 aromatic rings. The Morgan fingerprint density at radius 3 is 2.55 bits per heavy atom. The van der Waals surface area contributed by atoms with Gasteiger partial charge in [0.2, 0.25) is 0 Å². The van der Waals surface area contributed by atoms with Crippen LogP contribution in [0.1, 0.15) is 18.5 Å². The van der Waals surface area contributed by atoms with E-state index in [-0.39, 0.29) is 6.04 Å². The normalized spacial score (nSPS) is 13.2. The maximum absolute atomic E-state index is 11.5. The number of nitrogens with one attached hydrogen (secondary N) is 1. The number of hydrogen-bond acceptors (Lipinski definition) is 6. The van der Waals surface area contributed by atoms with Gasteiger partial charge in [-0.3, -0.25) is 0 Å². The lowest BCUT2D eigenvalue weighted by Crippen LogP contribution is -2.08. The quantitative estimate of drug-likeness (QED) is 0.793. The van der Waals surface area contributed by atoms with E-state index in [1.54, 1.807) is 29.8 Å². The molecule has 1 aromatic carbocycles. The first kappa shape index (κ1) is 14.9. The summed E-state index contributed by atoms with van der Waals surface area (Å²) in [6.45, 7) is 2.01. The molecule has 0 unspecified atom stereocenters. The second kappa shape index (κ2) is 5.66. The third-order valence-corrected chi connectivity index (χ3v) is 5.37. The van der Waals surface area contributed by atoms with Crippen molar-refractivity contribution in [2.45, 2.75) is 17.9 Å². The zero-order valence-corrected chi connectivity index (χ0v) is 13.8. The lowest BCUT2D eigenvalue weighted by atomic mass is 10.1. The van der Waals surface area contributed by atoms with Crippen LogP contribution in [0.4, 0.5) is 5.82 Å².